The maximum atomic E-state index is 12.8. The van der Waals surface area contributed by atoms with E-state index >= 15 is 0 Å². The monoisotopic (exact) mass is 414 g/mol. The van der Waals surface area contributed by atoms with Gasteiger partial charge in [0.05, 0.1) is 18.4 Å². The summed E-state index contributed by atoms with van der Waals surface area (Å²) in [5.74, 6) is 0.624. The Balaban J connectivity index is 1.63. The van der Waals surface area contributed by atoms with Gasteiger partial charge in [-0.1, -0.05) is 0 Å². The van der Waals surface area contributed by atoms with Crippen LogP contribution < -0.4 is 10.1 Å². The molecule has 0 unspecified atom stereocenters. The largest absolute Gasteiger partial charge is 0.497 e. The van der Waals surface area contributed by atoms with Gasteiger partial charge in [0.25, 0.3) is 11.8 Å². The van der Waals surface area contributed by atoms with Crippen molar-refractivity contribution in [1.82, 2.24) is 14.7 Å². The van der Waals surface area contributed by atoms with Crippen LogP contribution in [0.4, 0.5) is 5.69 Å². The predicted molar refractivity (Wildman–Crippen MR) is 113 cm³/mol. The minimum atomic E-state index is -1.35. The summed E-state index contributed by atoms with van der Waals surface area (Å²) >= 11 is 0. The Kier molecular flexibility index (Phi) is 6.45. The lowest BCUT2D eigenvalue weighted by atomic mass is 9.90. The van der Waals surface area contributed by atoms with E-state index in [1.54, 1.807) is 54.2 Å². The first kappa shape index (κ1) is 21.8. The topological polar surface area (TPSA) is 96.7 Å². The molecule has 30 heavy (non-hydrogen) atoms. The third-order valence-electron chi connectivity index (χ3n) is 5.40. The number of nitrogens with one attached hydrogen (secondary N) is 1. The van der Waals surface area contributed by atoms with Crippen LogP contribution in [-0.2, 0) is 18.3 Å². The average Bonchev–Trinajstić information content (AvgIpc) is 3.08. The molecular formula is C22H30N4O4. The summed E-state index contributed by atoms with van der Waals surface area (Å²) in [6.45, 7) is 4.24. The van der Waals surface area contributed by atoms with Crippen molar-refractivity contribution in [1.29, 1.82) is 0 Å². The Morgan fingerprint density at radius 1 is 1.23 bits per heavy atom. The van der Waals surface area contributed by atoms with Gasteiger partial charge in [-0.15, -0.1) is 0 Å². The number of likely N-dealkylation sites (tertiary alicyclic amines) is 1. The van der Waals surface area contributed by atoms with E-state index in [1.165, 1.54) is 13.8 Å². The summed E-state index contributed by atoms with van der Waals surface area (Å²) < 4.78 is 6.80. The molecule has 2 N–H and O–H groups in total. The van der Waals surface area contributed by atoms with Gasteiger partial charge < -0.3 is 20.1 Å². The fourth-order valence-corrected chi connectivity index (χ4v) is 3.75. The highest BCUT2D eigenvalue weighted by Gasteiger charge is 2.32. The van der Waals surface area contributed by atoms with Gasteiger partial charge in [-0.3, -0.25) is 14.3 Å². The summed E-state index contributed by atoms with van der Waals surface area (Å²) in [5, 5.41) is 17.3. The molecule has 1 fully saturated rings. The van der Waals surface area contributed by atoms with E-state index < -0.39 is 5.60 Å². The van der Waals surface area contributed by atoms with E-state index in [4.69, 9.17) is 4.74 Å². The number of carbonyl (C=O) groups is 2. The van der Waals surface area contributed by atoms with Gasteiger partial charge in [-0.25, -0.2) is 0 Å². The van der Waals surface area contributed by atoms with E-state index in [1.807, 2.05) is 0 Å². The van der Waals surface area contributed by atoms with Gasteiger partial charge >= 0.3 is 0 Å². The van der Waals surface area contributed by atoms with Crippen molar-refractivity contribution in [3.8, 4) is 5.75 Å². The zero-order valence-corrected chi connectivity index (χ0v) is 18.0. The lowest BCUT2D eigenvalue weighted by Gasteiger charge is -2.35. The maximum absolute atomic E-state index is 12.8. The molecule has 0 spiro atoms. The lowest BCUT2D eigenvalue weighted by Crippen LogP contribution is -2.48. The standard InChI is InChI=1S/C22H30N4O4/c1-22(2,29)21(28)26-11-9-15(10-12-26)13-19-18(14-25(3)24-19)20(27)23-16-5-7-17(30-4)8-6-16/h5-8,14-15,29H,9-13H2,1-4H3,(H,23,27). The first-order chi connectivity index (χ1) is 14.2. The molecule has 0 radical (unpaired) electrons. The number of aliphatic hydroxyl groups is 1. The highest BCUT2D eigenvalue weighted by molar-refractivity contribution is 6.05. The summed E-state index contributed by atoms with van der Waals surface area (Å²) in [4.78, 5) is 26.8. The van der Waals surface area contributed by atoms with Gasteiger partial charge in [0.2, 0.25) is 0 Å². The smallest absolute Gasteiger partial charge is 0.259 e. The van der Waals surface area contributed by atoms with Crippen LogP contribution in [0.2, 0.25) is 0 Å². The third kappa shape index (κ3) is 5.18. The second kappa shape index (κ2) is 8.87. The Morgan fingerprint density at radius 2 is 1.87 bits per heavy atom. The zero-order valence-electron chi connectivity index (χ0n) is 18.0. The number of methoxy groups -OCH3 is 1. The Morgan fingerprint density at radius 3 is 2.43 bits per heavy atom. The molecule has 0 saturated carbocycles. The van der Waals surface area contributed by atoms with Crippen LogP contribution in [0.15, 0.2) is 30.5 Å². The van der Waals surface area contributed by atoms with Crippen molar-refractivity contribution >= 4 is 17.5 Å². The third-order valence-corrected chi connectivity index (χ3v) is 5.40. The average molecular weight is 415 g/mol. The first-order valence-electron chi connectivity index (χ1n) is 10.2. The molecule has 3 rings (SSSR count). The molecule has 1 saturated heterocycles. The number of rotatable bonds is 6. The number of hydrogen-bond acceptors (Lipinski definition) is 5. The molecule has 8 nitrogen and oxygen atoms in total. The molecule has 1 aromatic carbocycles. The summed E-state index contributed by atoms with van der Waals surface area (Å²) in [6, 6.07) is 7.18. The van der Waals surface area contributed by atoms with E-state index in [-0.39, 0.29) is 11.8 Å². The van der Waals surface area contributed by atoms with Gasteiger partial charge in [0.1, 0.15) is 11.4 Å². The molecule has 2 heterocycles. The van der Waals surface area contributed by atoms with Crippen LogP contribution in [0, 0.1) is 5.92 Å². The second-order valence-electron chi connectivity index (χ2n) is 8.34. The van der Waals surface area contributed by atoms with Crippen molar-refractivity contribution in [2.75, 3.05) is 25.5 Å². The van der Waals surface area contributed by atoms with E-state index in [0.29, 0.717) is 36.7 Å². The highest BCUT2D eigenvalue weighted by atomic mass is 16.5. The zero-order chi connectivity index (χ0) is 21.9. The summed E-state index contributed by atoms with van der Waals surface area (Å²) in [7, 11) is 3.40. The number of hydrogen-bond donors (Lipinski definition) is 2. The van der Waals surface area contributed by atoms with Crippen LogP contribution >= 0.6 is 0 Å². The molecular weight excluding hydrogens is 384 g/mol. The molecule has 0 atom stereocenters. The number of aryl methyl sites for hydroxylation is 1. The van der Waals surface area contributed by atoms with Gasteiger partial charge in [-0.2, -0.15) is 5.10 Å². The maximum Gasteiger partial charge on any atom is 0.259 e. The molecule has 162 valence electrons. The molecule has 0 aliphatic carbocycles. The Bertz CT molecular complexity index is 891. The van der Waals surface area contributed by atoms with Crippen molar-refractivity contribution in [3.63, 3.8) is 0 Å². The first-order valence-corrected chi connectivity index (χ1v) is 10.2. The number of piperidine rings is 1. The van der Waals surface area contributed by atoms with Gasteiger partial charge in [0, 0.05) is 32.0 Å². The number of carbonyl (C=O) groups excluding carboxylic acids is 2. The SMILES string of the molecule is COc1ccc(NC(=O)c2cn(C)nc2CC2CCN(C(=O)C(C)(C)O)CC2)cc1. The molecule has 1 aromatic heterocycles. The second-order valence-corrected chi connectivity index (χ2v) is 8.34. The molecule has 1 aliphatic rings. The molecule has 2 aromatic rings. The number of aromatic nitrogens is 2. The number of ether oxygens (including phenoxy) is 1. The van der Waals surface area contributed by atoms with Crippen molar-refractivity contribution in [2.24, 2.45) is 13.0 Å². The molecule has 8 heteroatoms. The van der Waals surface area contributed by atoms with Crippen molar-refractivity contribution < 1.29 is 19.4 Å². The van der Waals surface area contributed by atoms with Crippen LogP contribution in [-0.4, -0.2) is 57.4 Å². The number of nitrogens with zero attached hydrogens (tertiary/aromatic N) is 3. The Labute approximate surface area is 176 Å². The highest BCUT2D eigenvalue weighted by Crippen LogP contribution is 2.25. The Hall–Kier alpha value is -2.87. The van der Waals surface area contributed by atoms with Crippen molar-refractivity contribution in [2.45, 2.75) is 38.7 Å². The minimum Gasteiger partial charge on any atom is -0.497 e. The van der Waals surface area contributed by atoms with Gasteiger partial charge in [0.15, 0.2) is 0 Å². The molecule has 2 amide bonds. The molecule has 1 aliphatic heterocycles. The fourth-order valence-electron chi connectivity index (χ4n) is 3.75. The van der Waals surface area contributed by atoms with Crippen molar-refractivity contribution in [3.05, 3.63) is 41.7 Å². The minimum absolute atomic E-state index is 0.196. The summed E-state index contributed by atoms with van der Waals surface area (Å²) in [6.07, 6.45) is 4.05. The molecule has 0 bridgehead atoms. The van der Waals surface area contributed by atoms with E-state index in [2.05, 4.69) is 10.4 Å². The van der Waals surface area contributed by atoms with Crippen LogP contribution in [0.3, 0.4) is 0 Å². The fraction of sp³-hybridized carbons (Fsp3) is 0.500. The number of amides is 2. The van der Waals surface area contributed by atoms with Crippen LogP contribution in [0.1, 0.15) is 42.7 Å². The van der Waals surface area contributed by atoms with E-state index in [9.17, 15) is 14.7 Å². The summed E-state index contributed by atoms with van der Waals surface area (Å²) in [5.41, 5.74) is 0.661. The predicted octanol–water partition coefficient (Wildman–Crippen LogP) is 2.23. The number of anilines is 1. The van der Waals surface area contributed by atoms with E-state index in [0.717, 1.165) is 24.3 Å². The van der Waals surface area contributed by atoms with Crippen LogP contribution in [0.25, 0.3) is 0 Å². The lowest BCUT2D eigenvalue weighted by molar-refractivity contribution is -0.149. The van der Waals surface area contributed by atoms with Gasteiger partial charge in [-0.05, 0) is 63.3 Å². The van der Waals surface area contributed by atoms with Crippen LogP contribution in [0.5, 0.6) is 5.75 Å². The number of benzene rings is 1. The normalized spacial score (nSPS) is 15.2. The quantitative estimate of drug-likeness (QED) is 0.756.